The van der Waals surface area contributed by atoms with Gasteiger partial charge in [-0.1, -0.05) is 39.7 Å². The Morgan fingerprint density at radius 1 is 1.27 bits per heavy atom. The van der Waals surface area contributed by atoms with Crippen LogP contribution >= 0.6 is 39.1 Å². The number of ether oxygens (including phenoxy) is 1. The average molecular weight is 460 g/mol. The van der Waals surface area contributed by atoms with Crippen LogP contribution in [-0.4, -0.2) is 29.2 Å². The highest BCUT2D eigenvalue weighted by Crippen LogP contribution is 2.31. The molecule has 2 amide bonds. The van der Waals surface area contributed by atoms with Crippen LogP contribution in [0.15, 0.2) is 46.9 Å². The third-order valence-electron chi connectivity index (χ3n) is 3.35. The van der Waals surface area contributed by atoms with Gasteiger partial charge in [0.2, 0.25) is 5.91 Å². The molecular formula is C18H17BrCl2N2O3. The molecule has 0 aliphatic heterocycles. The van der Waals surface area contributed by atoms with Gasteiger partial charge >= 0.3 is 0 Å². The molecule has 0 radical (unpaired) electrons. The summed E-state index contributed by atoms with van der Waals surface area (Å²) in [4.78, 5) is 23.8. The summed E-state index contributed by atoms with van der Waals surface area (Å²) in [5.74, 6) is 0.307. The molecule has 0 aliphatic carbocycles. The van der Waals surface area contributed by atoms with Crippen molar-refractivity contribution in [3.8, 4) is 11.5 Å². The number of hydrogen-bond donors (Lipinski definition) is 1. The molecule has 0 heterocycles. The number of nitrogens with one attached hydrogen (secondary N) is 1. The Morgan fingerprint density at radius 2 is 2.00 bits per heavy atom. The molecule has 0 aromatic heterocycles. The second kappa shape index (κ2) is 9.26. The van der Waals surface area contributed by atoms with Gasteiger partial charge in [-0.3, -0.25) is 20.0 Å². The number of benzene rings is 2. The summed E-state index contributed by atoms with van der Waals surface area (Å²) in [7, 11) is 1.45. The fourth-order valence-corrected chi connectivity index (χ4v) is 2.81. The summed E-state index contributed by atoms with van der Waals surface area (Å²) < 4.78 is 6.67. The average Bonchev–Trinajstić information content (AvgIpc) is 2.57. The fourth-order valence-electron chi connectivity index (χ4n) is 2.13. The highest BCUT2D eigenvalue weighted by atomic mass is 79.9. The largest absolute Gasteiger partial charge is 0.456 e. The Kier molecular flexibility index (Phi) is 7.32. The van der Waals surface area contributed by atoms with Crippen LogP contribution in [0.1, 0.15) is 12.5 Å². The number of carbonyl (C=O) groups excluding carboxylic acids is 2. The predicted molar refractivity (Wildman–Crippen MR) is 106 cm³/mol. The zero-order valence-corrected chi connectivity index (χ0v) is 17.2. The predicted octanol–water partition coefficient (Wildman–Crippen LogP) is 4.55. The van der Waals surface area contributed by atoms with E-state index in [-0.39, 0.29) is 12.3 Å². The first-order valence-electron chi connectivity index (χ1n) is 7.69. The highest BCUT2D eigenvalue weighted by Gasteiger charge is 2.17. The van der Waals surface area contributed by atoms with Crippen LogP contribution in [0.2, 0.25) is 5.02 Å². The standard InChI is InChI=1S/C18H17BrCl2N2O3/c1-11(20)18(25)23(2)22-17(24)9-12-6-7-15(21)16(8-12)26-14-5-3-4-13(19)10-14/h3-8,10-11H,9H2,1-2H3,(H,22,24). The van der Waals surface area contributed by atoms with E-state index in [2.05, 4.69) is 21.4 Å². The smallest absolute Gasteiger partial charge is 0.258 e. The Balaban J connectivity index is 2.06. The molecule has 2 aromatic carbocycles. The molecule has 1 N–H and O–H groups in total. The molecule has 0 aliphatic rings. The van der Waals surface area contributed by atoms with Crippen molar-refractivity contribution in [2.75, 3.05) is 7.05 Å². The first-order chi connectivity index (χ1) is 12.3. The van der Waals surface area contributed by atoms with Crippen molar-refractivity contribution in [1.82, 2.24) is 10.4 Å². The Labute approximate surface area is 170 Å². The van der Waals surface area contributed by atoms with Gasteiger partial charge in [0, 0.05) is 11.5 Å². The minimum atomic E-state index is -0.721. The molecule has 2 aromatic rings. The molecule has 8 heteroatoms. The molecule has 138 valence electrons. The number of alkyl halides is 1. The number of hydrogen-bond acceptors (Lipinski definition) is 3. The van der Waals surface area contributed by atoms with Crippen LogP contribution in [0.4, 0.5) is 0 Å². The maximum absolute atomic E-state index is 12.1. The molecule has 5 nitrogen and oxygen atoms in total. The van der Waals surface area contributed by atoms with Gasteiger partial charge in [0.25, 0.3) is 5.91 Å². The summed E-state index contributed by atoms with van der Waals surface area (Å²) in [6.45, 7) is 1.54. The van der Waals surface area contributed by atoms with E-state index >= 15 is 0 Å². The van der Waals surface area contributed by atoms with Crippen molar-refractivity contribution >= 4 is 50.9 Å². The molecule has 0 bridgehead atoms. The number of amides is 2. The van der Waals surface area contributed by atoms with Gasteiger partial charge in [-0.05, 0) is 42.8 Å². The van der Waals surface area contributed by atoms with Crippen molar-refractivity contribution in [3.05, 3.63) is 57.5 Å². The molecule has 0 saturated carbocycles. The van der Waals surface area contributed by atoms with Gasteiger partial charge in [-0.15, -0.1) is 11.6 Å². The molecule has 1 unspecified atom stereocenters. The van der Waals surface area contributed by atoms with Gasteiger partial charge in [0.15, 0.2) is 0 Å². The van der Waals surface area contributed by atoms with Crippen LogP contribution in [0, 0.1) is 0 Å². The fraction of sp³-hybridized carbons (Fsp3) is 0.222. The number of halogens is 3. The lowest BCUT2D eigenvalue weighted by atomic mass is 10.1. The zero-order chi connectivity index (χ0) is 19.3. The maximum Gasteiger partial charge on any atom is 0.258 e. The summed E-state index contributed by atoms with van der Waals surface area (Å²) in [5.41, 5.74) is 3.17. The molecule has 0 spiro atoms. The second-order valence-corrected chi connectivity index (χ2v) is 7.53. The third kappa shape index (κ3) is 5.90. The first kappa shape index (κ1) is 20.6. The van der Waals surface area contributed by atoms with Crippen LogP contribution < -0.4 is 10.2 Å². The van der Waals surface area contributed by atoms with Crippen molar-refractivity contribution in [3.63, 3.8) is 0 Å². The van der Waals surface area contributed by atoms with Crippen molar-refractivity contribution in [2.24, 2.45) is 0 Å². The second-order valence-electron chi connectivity index (χ2n) is 5.55. The Morgan fingerprint density at radius 3 is 2.65 bits per heavy atom. The zero-order valence-electron chi connectivity index (χ0n) is 14.1. The summed E-state index contributed by atoms with van der Waals surface area (Å²) in [5, 5.41) is 0.785. The van der Waals surface area contributed by atoms with Crippen LogP contribution in [0.3, 0.4) is 0 Å². The van der Waals surface area contributed by atoms with Gasteiger partial charge < -0.3 is 4.74 Å². The van der Waals surface area contributed by atoms with Crippen molar-refractivity contribution in [2.45, 2.75) is 18.7 Å². The third-order valence-corrected chi connectivity index (χ3v) is 4.34. The molecule has 26 heavy (non-hydrogen) atoms. The molecular weight excluding hydrogens is 443 g/mol. The number of hydrazine groups is 1. The van der Waals surface area contributed by atoms with E-state index in [1.807, 2.05) is 18.2 Å². The topological polar surface area (TPSA) is 58.6 Å². The lowest BCUT2D eigenvalue weighted by Gasteiger charge is -2.19. The maximum atomic E-state index is 12.1. The highest BCUT2D eigenvalue weighted by molar-refractivity contribution is 9.10. The SMILES string of the molecule is CC(Cl)C(=O)N(C)NC(=O)Cc1ccc(Cl)c(Oc2cccc(Br)c2)c1. The van der Waals surface area contributed by atoms with Gasteiger partial charge in [0.1, 0.15) is 16.9 Å². The lowest BCUT2D eigenvalue weighted by molar-refractivity contribution is -0.139. The number of nitrogens with zero attached hydrogens (tertiary/aromatic N) is 1. The minimum absolute atomic E-state index is 0.0559. The Hall–Kier alpha value is -1.76. The van der Waals surface area contributed by atoms with Crippen LogP contribution in [0.5, 0.6) is 11.5 Å². The van der Waals surface area contributed by atoms with Crippen LogP contribution in [0.25, 0.3) is 0 Å². The van der Waals surface area contributed by atoms with Gasteiger partial charge in [-0.2, -0.15) is 0 Å². The van der Waals surface area contributed by atoms with Gasteiger partial charge in [0.05, 0.1) is 11.4 Å². The van der Waals surface area contributed by atoms with E-state index in [1.165, 1.54) is 14.0 Å². The lowest BCUT2D eigenvalue weighted by Crippen LogP contribution is -2.46. The normalized spacial score (nSPS) is 11.6. The summed E-state index contributed by atoms with van der Waals surface area (Å²) >= 11 is 15.3. The minimum Gasteiger partial charge on any atom is -0.456 e. The van der Waals surface area contributed by atoms with E-state index in [1.54, 1.807) is 24.3 Å². The molecule has 0 saturated heterocycles. The van der Waals surface area contributed by atoms with Crippen LogP contribution in [-0.2, 0) is 16.0 Å². The molecule has 0 fully saturated rings. The quantitative estimate of drug-likeness (QED) is 0.526. The van der Waals surface area contributed by atoms with E-state index in [9.17, 15) is 9.59 Å². The van der Waals surface area contributed by atoms with Crippen molar-refractivity contribution < 1.29 is 14.3 Å². The Bertz CT molecular complexity index is 815. The number of rotatable bonds is 5. The molecule has 2 rings (SSSR count). The van der Waals surface area contributed by atoms with E-state index in [0.29, 0.717) is 22.1 Å². The summed E-state index contributed by atoms with van der Waals surface area (Å²) in [6, 6.07) is 12.4. The van der Waals surface area contributed by atoms with E-state index < -0.39 is 11.3 Å². The monoisotopic (exact) mass is 458 g/mol. The number of carbonyl (C=O) groups is 2. The molecule has 1 atom stereocenters. The first-order valence-corrected chi connectivity index (χ1v) is 9.30. The van der Waals surface area contributed by atoms with E-state index in [0.717, 1.165) is 9.48 Å². The summed E-state index contributed by atoms with van der Waals surface area (Å²) in [6.07, 6.45) is 0.0559. The van der Waals surface area contributed by atoms with Crippen molar-refractivity contribution in [1.29, 1.82) is 0 Å². The van der Waals surface area contributed by atoms with E-state index in [4.69, 9.17) is 27.9 Å². The van der Waals surface area contributed by atoms with Gasteiger partial charge in [-0.25, -0.2) is 0 Å².